The molecule has 0 aromatic heterocycles. The first-order chi connectivity index (χ1) is 6.90. The molecule has 1 aromatic rings. The van der Waals surface area contributed by atoms with Crippen molar-refractivity contribution in [1.29, 1.82) is 0 Å². The van der Waals surface area contributed by atoms with Crippen LogP contribution in [0.4, 0.5) is 0 Å². The second-order valence-electron chi connectivity index (χ2n) is 3.78. The average molecular weight is 191 g/mol. The zero-order valence-electron chi connectivity index (χ0n) is 8.57. The lowest BCUT2D eigenvalue weighted by Gasteiger charge is -2.29. The van der Waals surface area contributed by atoms with Crippen LogP contribution in [-0.4, -0.2) is 19.9 Å². The summed E-state index contributed by atoms with van der Waals surface area (Å²) in [5.41, 5.74) is 1.44. The van der Waals surface area contributed by atoms with Crippen molar-refractivity contribution in [2.75, 3.05) is 13.7 Å². The predicted molar refractivity (Wildman–Crippen MR) is 57.2 cm³/mol. The van der Waals surface area contributed by atoms with Gasteiger partial charge < -0.3 is 4.74 Å². The van der Waals surface area contributed by atoms with E-state index in [4.69, 9.17) is 4.74 Å². The van der Waals surface area contributed by atoms with E-state index in [9.17, 15) is 0 Å². The van der Waals surface area contributed by atoms with Gasteiger partial charge in [-0.15, -0.1) is 0 Å². The first-order valence-electron chi connectivity index (χ1n) is 5.24. The Bertz CT molecular complexity index is 273. The Hall–Kier alpha value is -0.860. The van der Waals surface area contributed by atoms with Crippen molar-refractivity contribution in [3.63, 3.8) is 0 Å². The Kier molecular flexibility index (Phi) is 3.17. The van der Waals surface area contributed by atoms with Crippen molar-refractivity contribution in [2.24, 2.45) is 0 Å². The molecule has 14 heavy (non-hydrogen) atoms. The highest BCUT2D eigenvalue weighted by Gasteiger charge is 2.22. The molecule has 76 valence electrons. The van der Waals surface area contributed by atoms with Gasteiger partial charge in [0.1, 0.15) is 6.23 Å². The fourth-order valence-electron chi connectivity index (χ4n) is 2.03. The molecular weight excluding hydrogens is 174 g/mol. The second-order valence-corrected chi connectivity index (χ2v) is 3.78. The van der Waals surface area contributed by atoms with Gasteiger partial charge >= 0.3 is 0 Å². The normalized spacial score (nSPS) is 27.5. The molecule has 1 fully saturated rings. The number of hydrogen-bond donors (Lipinski definition) is 1. The number of benzene rings is 1. The van der Waals surface area contributed by atoms with Crippen molar-refractivity contribution in [3.05, 3.63) is 35.9 Å². The van der Waals surface area contributed by atoms with Gasteiger partial charge in [0.25, 0.3) is 0 Å². The van der Waals surface area contributed by atoms with Crippen LogP contribution in [0.2, 0.25) is 0 Å². The molecule has 1 aliphatic heterocycles. The quantitative estimate of drug-likeness (QED) is 0.773. The summed E-state index contributed by atoms with van der Waals surface area (Å²) in [4.78, 5) is 0. The van der Waals surface area contributed by atoms with Gasteiger partial charge in [-0.3, -0.25) is 5.32 Å². The zero-order valence-corrected chi connectivity index (χ0v) is 8.57. The lowest BCUT2D eigenvalue weighted by atomic mass is 9.90. The van der Waals surface area contributed by atoms with Crippen LogP contribution in [0.25, 0.3) is 0 Å². The fourth-order valence-corrected chi connectivity index (χ4v) is 2.03. The number of hydrogen-bond acceptors (Lipinski definition) is 2. The molecule has 2 atom stereocenters. The maximum Gasteiger partial charge on any atom is 0.108 e. The Balaban J connectivity index is 2.04. The topological polar surface area (TPSA) is 21.3 Å². The third-order valence-corrected chi connectivity index (χ3v) is 2.88. The number of rotatable bonds is 2. The minimum absolute atomic E-state index is 0.231. The molecule has 0 unspecified atom stereocenters. The molecule has 0 saturated carbocycles. The summed E-state index contributed by atoms with van der Waals surface area (Å²) >= 11 is 0. The van der Waals surface area contributed by atoms with E-state index >= 15 is 0 Å². The molecule has 1 N–H and O–H groups in total. The summed E-state index contributed by atoms with van der Waals surface area (Å²) in [6.45, 7) is 0.866. The standard InChI is InChI=1S/C12H17NO/c1-13-12-9-11(7-8-14-12)10-5-3-2-4-6-10/h2-6,11-13H,7-9H2,1H3/t11-,12+/m0/s1. The van der Waals surface area contributed by atoms with Gasteiger partial charge in [-0.25, -0.2) is 0 Å². The van der Waals surface area contributed by atoms with E-state index in [-0.39, 0.29) is 6.23 Å². The van der Waals surface area contributed by atoms with E-state index in [0.29, 0.717) is 5.92 Å². The van der Waals surface area contributed by atoms with Gasteiger partial charge in [-0.1, -0.05) is 30.3 Å². The Morgan fingerprint density at radius 1 is 1.29 bits per heavy atom. The predicted octanol–water partition coefficient (Wildman–Crippen LogP) is 2.13. The lowest BCUT2D eigenvalue weighted by molar-refractivity contribution is -0.00931. The van der Waals surface area contributed by atoms with Crippen LogP contribution in [-0.2, 0) is 4.74 Å². The molecule has 0 spiro atoms. The molecule has 0 aliphatic carbocycles. The van der Waals surface area contributed by atoms with E-state index < -0.39 is 0 Å². The van der Waals surface area contributed by atoms with Crippen LogP contribution in [0.5, 0.6) is 0 Å². The average Bonchev–Trinajstić information content (AvgIpc) is 2.30. The minimum atomic E-state index is 0.231. The molecule has 2 nitrogen and oxygen atoms in total. The Labute approximate surface area is 85.3 Å². The van der Waals surface area contributed by atoms with E-state index in [1.807, 2.05) is 7.05 Å². The van der Waals surface area contributed by atoms with Gasteiger partial charge in [0.2, 0.25) is 0 Å². The smallest absolute Gasteiger partial charge is 0.108 e. The highest BCUT2D eigenvalue weighted by molar-refractivity contribution is 5.19. The van der Waals surface area contributed by atoms with Gasteiger partial charge in [0, 0.05) is 6.61 Å². The Morgan fingerprint density at radius 3 is 2.79 bits per heavy atom. The SMILES string of the molecule is CN[C@H]1C[C@@H](c2ccccc2)CCO1. The van der Waals surface area contributed by atoms with E-state index in [0.717, 1.165) is 19.4 Å². The van der Waals surface area contributed by atoms with Crippen LogP contribution in [0.15, 0.2) is 30.3 Å². The molecule has 0 amide bonds. The highest BCUT2D eigenvalue weighted by atomic mass is 16.5. The first-order valence-corrected chi connectivity index (χ1v) is 5.24. The molecule has 2 heteroatoms. The van der Waals surface area contributed by atoms with Crippen LogP contribution < -0.4 is 5.32 Å². The molecule has 1 aliphatic rings. The van der Waals surface area contributed by atoms with Crippen molar-refractivity contribution in [1.82, 2.24) is 5.32 Å². The molecule has 0 radical (unpaired) electrons. The van der Waals surface area contributed by atoms with Crippen LogP contribution >= 0.6 is 0 Å². The molecule has 1 heterocycles. The third-order valence-electron chi connectivity index (χ3n) is 2.88. The summed E-state index contributed by atoms with van der Waals surface area (Å²) in [5.74, 6) is 0.655. The summed E-state index contributed by atoms with van der Waals surface area (Å²) in [6, 6.07) is 10.7. The Morgan fingerprint density at radius 2 is 2.07 bits per heavy atom. The molecular formula is C12H17NO. The maximum absolute atomic E-state index is 5.57. The first kappa shape index (κ1) is 9.69. The fraction of sp³-hybridized carbons (Fsp3) is 0.500. The molecule has 1 aromatic carbocycles. The largest absolute Gasteiger partial charge is 0.363 e. The third kappa shape index (κ3) is 2.14. The lowest BCUT2D eigenvalue weighted by Crippen LogP contribution is -2.34. The van der Waals surface area contributed by atoms with E-state index in [1.165, 1.54) is 5.56 Å². The summed E-state index contributed by atoms with van der Waals surface area (Å²) in [7, 11) is 1.96. The van der Waals surface area contributed by atoms with Crippen LogP contribution in [0, 0.1) is 0 Å². The van der Waals surface area contributed by atoms with Crippen LogP contribution in [0.3, 0.4) is 0 Å². The van der Waals surface area contributed by atoms with Gasteiger partial charge in [0.05, 0.1) is 0 Å². The second kappa shape index (κ2) is 4.58. The minimum Gasteiger partial charge on any atom is -0.363 e. The van der Waals surface area contributed by atoms with Crippen molar-refractivity contribution >= 4 is 0 Å². The summed E-state index contributed by atoms with van der Waals surface area (Å²) in [5, 5.41) is 3.18. The van der Waals surface area contributed by atoms with Crippen molar-refractivity contribution in [2.45, 2.75) is 25.0 Å². The van der Waals surface area contributed by atoms with E-state index in [2.05, 4.69) is 35.6 Å². The number of nitrogens with one attached hydrogen (secondary N) is 1. The monoisotopic (exact) mass is 191 g/mol. The summed E-state index contributed by atoms with van der Waals surface area (Å²) in [6.07, 6.45) is 2.46. The van der Waals surface area contributed by atoms with Gasteiger partial charge in [-0.2, -0.15) is 0 Å². The van der Waals surface area contributed by atoms with Gasteiger partial charge in [-0.05, 0) is 31.4 Å². The van der Waals surface area contributed by atoms with E-state index in [1.54, 1.807) is 0 Å². The highest BCUT2D eigenvalue weighted by Crippen LogP contribution is 2.28. The number of ether oxygens (including phenoxy) is 1. The maximum atomic E-state index is 5.57. The van der Waals surface area contributed by atoms with Crippen LogP contribution in [0.1, 0.15) is 24.3 Å². The zero-order chi connectivity index (χ0) is 9.80. The van der Waals surface area contributed by atoms with Gasteiger partial charge in [0.15, 0.2) is 0 Å². The molecule has 1 saturated heterocycles. The van der Waals surface area contributed by atoms with Crippen molar-refractivity contribution < 1.29 is 4.74 Å². The van der Waals surface area contributed by atoms with Crippen molar-refractivity contribution in [3.8, 4) is 0 Å². The molecule has 2 rings (SSSR count). The molecule has 0 bridgehead atoms. The summed E-state index contributed by atoms with van der Waals surface area (Å²) < 4.78 is 5.57.